The first-order valence-corrected chi connectivity index (χ1v) is 7.80. The number of nitrogens with zero attached hydrogens (tertiary/aromatic N) is 1. The third-order valence-corrected chi connectivity index (χ3v) is 4.91. The molecule has 0 aromatic heterocycles. The number of ether oxygens (including phenoxy) is 1. The van der Waals surface area contributed by atoms with Gasteiger partial charge in [-0.2, -0.15) is 0 Å². The normalized spacial score (nSPS) is 26.7. The lowest BCUT2D eigenvalue weighted by Crippen LogP contribution is -2.67. The van der Waals surface area contributed by atoms with Crippen LogP contribution in [0, 0.1) is 5.41 Å². The van der Waals surface area contributed by atoms with Crippen molar-refractivity contribution in [2.24, 2.45) is 5.41 Å². The van der Waals surface area contributed by atoms with Gasteiger partial charge in [0.15, 0.2) is 0 Å². The molecule has 1 heterocycles. The van der Waals surface area contributed by atoms with Gasteiger partial charge in [0.2, 0.25) is 0 Å². The molecule has 1 amide bonds. The number of carbonyl (C=O) groups is 2. The molecule has 2 atom stereocenters. The Morgan fingerprint density at radius 2 is 2.05 bits per heavy atom. The van der Waals surface area contributed by atoms with E-state index < -0.39 is 5.97 Å². The van der Waals surface area contributed by atoms with Gasteiger partial charge in [-0.1, -0.05) is 43.2 Å². The van der Waals surface area contributed by atoms with Gasteiger partial charge in [0, 0.05) is 18.0 Å². The van der Waals surface area contributed by atoms with Gasteiger partial charge >= 0.3 is 12.1 Å². The molecule has 22 heavy (non-hydrogen) atoms. The second-order valence-electron chi connectivity index (χ2n) is 6.36. The van der Waals surface area contributed by atoms with E-state index in [0.717, 1.165) is 31.2 Å². The number of fused-ring (bicyclic) bond motifs is 1. The number of carbonyl (C=O) groups excluding carboxylic acids is 1. The van der Waals surface area contributed by atoms with E-state index in [4.69, 9.17) is 9.84 Å². The highest BCUT2D eigenvalue weighted by molar-refractivity contribution is 5.72. The van der Waals surface area contributed by atoms with Crippen molar-refractivity contribution in [2.75, 3.05) is 6.54 Å². The van der Waals surface area contributed by atoms with Gasteiger partial charge in [-0.25, -0.2) is 4.79 Å². The van der Waals surface area contributed by atoms with E-state index in [1.807, 2.05) is 30.3 Å². The van der Waals surface area contributed by atoms with Crippen LogP contribution in [0.3, 0.4) is 0 Å². The van der Waals surface area contributed by atoms with Crippen molar-refractivity contribution in [2.45, 2.75) is 44.8 Å². The minimum atomic E-state index is -0.774. The van der Waals surface area contributed by atoms with Crippen LogP contribution >= 0.6 is 0 Å². The monoisotopic (exact) mass is 303 g/mol. The molecule has 1 aliphatic carbocycles. The molecule has 1 saturated heterocycles. The highest BCUT2D eigenvalue weighted by atomic mass is 16.6. The van der Waals surface area contributed by atoms with Crippen LogP contribution in [0.15, 0.2) is 30.3 Å². The number of hydrogen-bond acceptors (Lipinski definition) is 3. The summed E-state index contributed by atoms with van der Waals surface area (Å²) in [5.41, 5.74) is 0.729. The van der Waals surface area contributed by atoms with Gasteiger partial charge in [0.05, 0.1) is 6.42 Å². The molecule has 1 saturated carbocycles. The van der Waals surface area contributed by atoms with Crippen molar-refractivity contribution in [3.05, 3.63) is 35.9 Å². The van der Waals surface area contributed by atoms with Crippen molar-refractivity contribution in [1.82, 2.24) is 4.90 Å². The van der Waals surface area contributed by atoms with Gasteiger partial charge in [-0.3, -0.25) is 4.79 Å². The van der Waals surface area contributed by atoms with Gasteiger partial charge in [0.1, 0.15) is 6.61 Å². The number of aliphatic carboxylic acids is 1. The zero-order valence-electron chi connectivity index (χ0n) is 12.5. The third-order valence-electron chi connectivity index (χ3n) is 4.91. The molecule has 0 radical (unpaired) electrons. The number of rotatable bonds is 4. The Labute approximate surface area is 129 Å². The van der Waals surface area contributed by atoms with Gasteiger partial charge < -0.3 is 14.7 Å². The Morgan fingerprint density at radius 1 is 1.27 bits per heavy atom. The summed E-state index contributed by atoms with van der Waals surface area (Å²) in [5, 5.41) is 9.12. The summed E-state index contributed by atoms with van der Waals surface area (Å²) >= 11 is 0. The molecule has 1 N–H and O–H groups in total. The summed E-state index contributed by atoms with van der Waals surface area (Å²) in [6.07, 6.45) is 3.71. The summed E-state index contributed by atoms with van der Waals surface area (Å²) in [7, 11) is 0. The molecule has 5 nitrogen and oxygen atoms in total. The lowest BCUT2D eigenvalue weighted by molar-refractivity contribution is -0.151. The zero-order valence-corrected chi connectivity index (χ0v) is 12.5. The Morgan fingerprint density at radius 3 is 2.77 bits per heavy atom. The summed E-state index contributed by atoms with van der Waals surface area (Å²) < 4.78 is 5.37. The van der Waals surface area contributed by atoms with Crippen LogP contribution in [0.4, 0.5) is 4.79 Å². The van der Waals surface area contributed by atoms with E-state index >= 15 is 0 Å². The maximum atomic E-state index is 12.2. The second kappa shape index (κ2) is 5.99. The second-order valence-corrected chi connectivity index (χ2v) is 6.36. The maximum Gasteiger partial charge on any atom is 0.410 e. The van der Waals surface area contributed by atoms with E-state index in [-0.39, 0.29) is 30.6 Å². The van der Waals surface area contributed by atoms with Crippen LogP contribution in [-0.4, -0.2) is 34.7 Å². The first kappa shape index (κ1) is 14.9. The van der Waals surface area contributed by atoms with Crippen LogP contribution in [0.2, 0.25) is 0 Å². The third kappa shape index (κ3) is 2.80. The molecular formula is C17H21NO4. The number of benzene rings is 1. The topological polar surface area (TPSA) is 66.8 Å². The molecule has 2 fully saturated rings. The number of amides is 1. The molecule has 3 rings (SSSR count). The Hall–Kier alpha value is -2.04. The fourth-order valence-electron chi connectivity index (χ4n) is 3.85. The number of likely N-dealkylation sites (tertiary alicyclic amines) is 1. The van der Waals surface area contributed by atoms with Crippen molar-refractivity contribution >= 4 is 12.1 Å². The van der Waals surface area contributed by atoms with Crippen molar-refractivity contribution < 1.29 is 19.4 Å². The first-order chi connectivity index (χ1) is 10.6. The fraction of sp³-hybridized carbons (Fsp3) is 0.529. The first-order valence-electron chi connectivity index (χ1n) is 7.80. The lowest BCUT2D eigenvalue weighted by atomic mass is 9.61. The largest absolute Gasteiger partial charge is 0.481 e. The quantitative estimate of drug-likeness (QED) is 0.928. The fourth-order valence-corrected chi connectivity index (χ4v) is 3.85. The molecule has 5 heteroatoms. The number of hydrogen-bond donors (Lipinski definition) is 1. The van der Waals surface area contributed by atoms with E-state index in [9.17, 15) is 9.59 Å². The van der Waals surface area contributed by atoms with Gasteiger partial charge in [0.25, 0.3) is 0 Å². The molecule has 0 unspecified atom stereocenters. The average molecular weight is 303 g/mol. The van der Waals surface area contributed by atoms with Crippen LogP contribution in [0.25, 0.3) is 0 Å². The van der Waals surface area contributed by atoms with E-state index in [0.29, 0.717) is 6.54 Å². The van der Waals surface area contributed by atoms with E-state index in [1.165, 1.54) is 0 Å². The summed E-state index contributed by atoms with van der Waals surface area (Å²) in [6, 6.07) is 9.60. The Balaban J connectivity index is 1.59. The molecule has 118 valence electrons. The van der Waals surface area contributed by atoms with Crippen LogP contribution in [-0.2, 0) is 16.1 Å². The number of carboxylic acid groups (broad SMARTS) is 1. The molecule has 2 aliphatic rings. The average Bonchev–Trinajstić information content (AvgIpc) is 2.49. The molecule has 0 spiro atoms. The lowest BCUT2D eigenvalue weighted by Gasteiger charge is -2.58. The molecule has 1 aromatic carbocycles. The van der Waals surface area contributed by atoms with E-state index in [1.54, 1.807) is 4.90 Å². The van der Waals surface area contributed by atoms with Gasteiger partial charge in [-0.05, 0) is 18.4 Å². The smallest absolute Gasteiger partial charge is 0.410 e. The van der Waals surface area contributed by atoms with Crippen LogP contribution < -0.4 is 0 Å². The Kier molecular flexibility index (Phi) is 4.05. The van der Waals surface area contributed by atoms with Crippen LogP contribution in [0.5, 0.6) is 0 Å². The van der Waals surface area contributed by atoms with Crippen molar-refractivity contribution in [1.29, 1.82) is 0 Å². The maximum absolute atomic E-state index is 12.2. The summed E-state index contributed by atoms with van der Waals surface area (Å²) in [6.45, 7) is 0.770. The predicted octanol–water partition coefficient (Wildman–Crippen LogP) is 3.04. The molecule has 1 aliphatic heterocycles. The minimum Gasteiger partial charge on any atom is -0.481 e. The van der Waals surface area contributed by atoms with E-state index in [2.05, 4.69) is 0 Å². The molecule has 1 aromatic rings. The summed E-state index contributed by atoms with van der Waals surface area (Å²) in [4.78, 5) is 25.1. The Bertz CT molecular complexity index is 559. The molecular weight excluding hydrogens is 282 g/mol. The summed E-state index contributed by atoms with van der Waals surface area (Å²) in [5.74, 6) is -0.774. The van der Waals surface area contributed by atoms with Crippen LogP contribution in [0.1, 0.15) is 37.7 Å². The highest BCUT2D eigenvalue weighted by Gasteiger charge is 2.56. The molecule has 0 bridgehead atoms. The minimum absolute atomic E-state index is 0.0284. The number of carboxylic acids is 1. The standard InChI is InChI=1S/C17H21NO4/c19-15(20)10-17-9-5-4-8-14(17)18(12-17)16(21)22-11-13-6-2-1-3-7-13/h1-3,6-7,14H,4-5,8-12H2,(H,19,20)/t14-,17-/m1/s1. The highest BCUT2D eigenvalue weighted by Crippen LogP contribution is 2.50. The van der Waals surface area contributed by atoms with Crippen molar-refractivity contribution in [3.63, 3.8) is 0 Å². The van der Waals surface area contributed by atoms with Crippen molar-refractivity contribution in [3.8, 4) is 0 Å². The zero-order chi connectivity index (χ0) is 15.6. The van der Waals surface area contributed by atoms with Gasteiger partial charge in [-0.15, -0.1) is 0 Å². The predicted molar refractivity (Wildman–Crippen MR) is 80.3 cm³/mol. The SMILES string of the molecule is O=C(O)C[C@@]12CCCC[C@H]1N(C(=O)OCc1ccccc1)C2.